The zero-order valence-corrected chi connectivity index (χ0v) is 12.8. The molecule has 0 heterocycles. The van der Waals surface area contributed by atoms with Crippen LogP contribution in [0.5, 0.6) is 17.2 Å². The van der Waals surface area contributed by atoms with E-state index in [9.17, 15) is 4.79 Å². The lowest BCUT2D eigenvalue weighted by atomic mass is 10.1. The molecule has 0 atom stereocenters. The summed E-state index contributed by atoms with van der Waals surface area (Å²) in [5.41, 5.74) is 0.811. The Kier molecular flexibility index (Phi) is 7.39. The monoisotopic (exact) mass is 297 g/mol. The summed E-state index contributed by atoms with van der Waals surface area (Å²) < 4.78 is 15.7. The van der Waals surface area contributed by atoms with Crippen molar-refractivity contribution in [2.24, 2.45) is 0 Å². The number of nitrogens with one attached hydrogen (secondary N) is 1. The first-order valence-corrected chi connectivity index (χ1v) is 6.82. The van der Waals surface area contributed by atoms with Gasteiger partial charge in [-0.2, -0.15) is 0 Å². The largest absolute Gasteiger partial charge is 0.496 e. The smallest absolute Gasteiger partial charge is 0.220 e. The third-order valence-corrected chi connectivity index (χ3v) is 3.07. The molecule has 118 valence electrons. The Hall–Kier alpha value is -1.95. The maximum Gasteiger partial charge on any atom is 0.220 e. The molecule has 1 amide bonds. The van der Waals surface area contributed by atoms with Crippen molar-refractivity contribution in [3.63, 3.8) is 0 Å². The molecule has 0 fully saturated rings. The zero-order valence-electron chi connectivity index (χ0n) is 12.8. The van der Waals surface area contributed by atoms with Crippen LogP contribution >= 0.6 is 0 Å². The van der Waals surface area contributed by atoms with Crippen LogP contribution in [0.15, 0.2) is 12.1 Å². The molecular weight excluding hydrogens is 274 g/mol. The molecule has 0 aliphatic rings. The van der Waals surface area contributed by atoms with Crippen LogP contribution in [0, 0.1) is 0 Å². The van der Waals surface area contributed by atoms with E-state index in [1.807, 2.05) is 0 Å². The Morgan fingerprint density at radius 3 is 2.24 bits per heavy atom. The third-order valence-electron chi connectivity index (χ3n) is 3.07. The SMILES string of the molecule is COc1cc(OC)c(OC)cc1CNC(=O)CCCCO. The van der Waals surface area contributed by atoms with E-state index in [0.717, 1.165) is 5.56 Å². The predicted octanol–water partition coefficient (Wildman–Crippen LogP) is 1.49. The normalized spacial score (nSPS) is 10.1. The van der Waals surface area contributed by atoms with Crippen LogP contribution in [-0.4, -0.2) is 38.9 Å². The van der Waals surface area contributed by atoms with Gasteiger partial charge in [0.25, 0.3) is 0 Å². The second kappa shape index (κ2) is 9.07. The van der Waals surface area contributed by atoms with E-state index in [0.29, 0.717) is 43.1 Å². The van der Waals surface area contributed by atoms with Crippen molar-refractivity contribution in [2.75, 3.05) is 27.9 Å². The molecule has 1 aromatic rings. The molecule has 6 heteroatoms. The lowest BCUT2D eigenvalue weighted by Crippen LogP contribution is -2.22. The lowest BCUT2D eigenvalue weighted by Gasteiger charge is -2.14. The number of amides is 1. The Bertz CT molecular complexity index is 462. The Morgan fingerprint density at radius 1 is 1.05 bits per heavy atom. The molecule has 0 spiro atoms. The summed E-state index contributed by atoms with van der Waals surface area (Å²) in [7, 11) is 4.68. The predicted molar refractivity (Wildman–Crippen MR) is 78.9 cm³/mol. The van der Waals surface area contributed by atoms with E-state index in [4.69, 9.17) is 19.3 Å². The average molecular weight is 297 g/mol. The standard InChI is InChI=1S/C15H23NO5/c1-19-12-9-14(21-3)13(20-2)8-11(12)10-16-15(18)6-4-5-7-17/h8-9,17H,4-7,10H2,1-3H3,(H,16,18). The van der Waals surface area contributed by atoms with E-state index in [1.54, 1.807) is 33.5 Å². The number of carbonyl (C=O) groups is 1. The van der Waals surface area contributed by atoms with Gasteiger partial charge in [-0.05, 0) is 18.9 Å². The van der Waals surface area contributed by atoms with Gasteiger partial charge in [0.2, 0.25) is 5.91 Å². The van der Waals surface area contributed by atoms with Crippen LogP contribution in [0.3, 0.4) is 0 Å². The molecule has 0 aromatic heterocycles. The molecule has 0 aliphatic heterocycles. The highest BCUT2D eigenvalue weighted by molar-refractivity contribution is 5.76. The average Bonchev–Trinajstić information content (AvgIpc) is 2.52. The van der Waals surface area contributed by atoms with E-state index in [1.165, 1.54) is 0 Å². The summed E-state index contributed by atoms with van der Waals surface area (Å²) in [5, 5.41) is 11.5. The highest BCUT2D eigenvalue weighted by atomic mass is 16.5. The van der Waals surface area contributed by atoms with E-state index >= 15 is 0 Å². The number of methoxy groups -OCH3 is 3. The van der Waals surface area contributed by atoms with Crippen molar-refractivity contribution in [1.29, 1.82) is 0 Å². The molecule has 0 saturated carbocycles. The molecule has 0 aliphatic carbocycles. The van der Waals surface area contributed by atoms with E-state index in [2.05, 4.69) is 5.32 Å². The fourth-order valence-corrected chi connectivity index (χ4v) is 1.91. The molecule has 2 N–H and O–H groups in total. The first-order chi connectivity index (χ1) is 10.2. The minimum absolute atomic E-state index is 0.0553. The third kappa shape index (κ3) is 5.15. The summed E-state index contributed by atoms with van der Waals surface area (Å²) in [6.45, 7) is 0.457. The van der Waals surface area contributed by atoms with Crippen molar-refractivity contribution in [3.8, 4) is 17.2 Å². The molecule has 1 rings (SSSR count). The number of benzene rings is 1. The maximum atomic E-state index is 11.7. The quantitative estimate of drug-likeness (QED) is 0.675. The Balaban J connectivity index is 2.71. The Labute approximate surface area is 125 Å². The van der Waals surface area contributed by atoms with Crippen molar-refractivity contribution < 1.29 is 24.1 Å². The fourth-order valence-electron chi connectivity index (χ4n) is 1.91. The van der Waals surface area contributed by atoms with Crippen molar-refractivity contribution in [2.45, 2.75) is 25.8 Å². The van der Waals surface area contributed by atoms with Crippen molar-refractivity contribution >= 4 is 5.91 Å². The molecule has 1 aromatic carbocycles. The zero-order chi connectivity index (χ0) is 15.7. The van der Waals surface area contributed by atoms with Crippen LogP contribution in [0.1, 0.15) is 24.8 Å². The number of hydrogen-bond acceptors (Lipinski definition) is 5. The topological polar surface area (TPSA) is 77.0 Å². The summed E-state index contributed by atoms with van der Waals surface area (Å²) in [6.07, 6.45) is 1.70. The van der Waals surface area contributed by atoms with E-state index < -0.39 is 0 Å². The number of ether oxygens (including phenoxy) is 3. The summed E-state index contributed by atoms with van der Waals surface area (Å²) in [6, 6.07) is 3.51. The van der Waals surface area contributed by atoms with Crippen LogP contribution in [0.25, 0.3) is 0 Å². The molecule has 0 radical (unpaired) electrons. The highest BCUT2D eigenvalue weighted by Crippen LogP contribution is 2.34. The summed E-state index contributed by atoms with van der Waals surface area (Å²) in [4.78, 5) is 11.7. The molecule has 6 nitrogen and oxygen atoms in total. The first kappa shape index (κ1) is 17.1. The number of carbonyl (C=O) groups excluding carboxylic acids is 1. The van der Waals surface area contributed by atoms with Gasteiger partial charge in [-0.25, -0.2) is 0 Å². The minimum atomic E-state index is -0.0553. The minimum Gasteiger partial charge on any atom is -0.496 e. The highest BCUT2D eigenvalue weighted by Gasteiger charge is 2.12. The number of aliphatic hydroxyl groups is 1. The van der Waals surface area contributed by atoms with Gasteiger partial charge in [0.05, 0.1) is 21.3 Å². The number of hydrogen-bond donors (Lipinski definition) is 2. The summed E-state index contributed by atoms with van der Waals surface area (Å²) in [5.74, 6) is 1.73. The number of unbranched alkanes of at least 4 members (excludes halogenated alkanes) is 1. The number of rotatable bonds is 9. The second-order valence-electron chi connectivity index (χ2n) is 4.48. The van der Waals surface area contributed by atoms with Gasteiger partial charge in [-0.15, -0.1) is 0 Å². The van der Waals surface area contributed by atoms with Gasteiger partial charge in [0.1, 0.15) is 5.75 Å². The molecule has 21 heavy (non-hydrogen) atoms. The molecule has 0 unspecified atom stereocenters. The lowest BCUT2D eigenvalue weighted by molar-refractivity contribution is -0.121. The van der Waals surface area contributed by atoms with Crippen LogP contribution in [0.4, 0.5) is 0 Å². The van der Waals surface area contributed by atoms with Crippen LogP contribution in [-0.2, 0) is 11.3 Å². The van der Waals surface area contributed by atoms with Gasteiger partial charge in [-0.1, -0.05) is 0 Å². The summed E-state index contributed by atoms with van der Waals surface area (Å²) >= 11 is 0. The fraction of sp³-hybridized carbons (Fsp3) is 0.533. The number of aliphatic hydroxyl groups excluding tert-OH is 1. The van der Waals surface area contributed by atoms with Gasteiger partial charge in [0, 0.05) is 31.2 Å². The van der Waals surface area contributed by atoms with Crippen molar-refractivity contribution in [3.05, 3.63) is 17.7 Å². The molecule has 0 saturated heterocycles. The maximum absolute atomic E-state index is 11.7. The first-order valence-electron chi connectivity index (χ1n) is 6.82. The Morgan fingerprint density at radius 2 is 1.67 bits per heavy atom. The van der Waals surface area contributed by atoms with E-state index in [-0.39, 0.29) is 12.5 Å². The molecular formula is C15H23NO5. The van der Waals surface area contributed by atoms with Gasteiger partial charge >= 0.3 is 0 Å². The second-order valence-corrected chi connectivity index (χ2v) is 4.48. The van der Waals surface area contributed by atoms with Crippen molar-refractivity contribution in [1.82, 2.24) is 5.32 Å². The van der Waals surface area contributed by atoms with Gasteiger partial charge < -0.3 is 24.6 Å². The van der Waals surface area contributed by atoms with Gasteiger partial charge in [-0.3, -0.25) is 4.79 Å². The van der Waals surface area contributed by atoms with Crippen LogP contribution < -0.4 is 19.5 Å². The molecule has 0 bridgehead atoms. The van der Waals surface area contributed by atoms with Gasteiger partial charge in [0.15, 0.2) is 11.5 Å². The van der Waals surface area contributed by atoms with Crippen LogP contribution in [0.2, 0.25) is 0 Å².